The van der Waals surface area contributed by atoms with Crippen molar-refractivity contribution in [1.29, 1.82) is 0 Å². The summed E-state index contributed by atoms with van der Waals surface area (Å²) in [6.45, 7) is 2.29. The molecule has 3 heteroatoms. The van der Waals surface area contributed by atoms with Crippen LogP contribution in [0.1, 0.15) is 95.1 Å². The second-order valence-corrected chi connectivity index (χ2v) is 10.5. The zero-order valence-electron chi connectivity index (χ0n) is 19.0. The van der Waals surface area contributed by atoms with Crippen LogP contribution < -0.4 is 4.74 Å². The maximum absolute atomic E-state index is 14.7. The van der Waals surface area contributed by atoms with Crippen LogP contribution in [0.3, 0.4) is 0 Å². The quantitative estimate of drug-likeness (QED) is 0.409. The Bertz CT molecular complexity index is 715. The van der Waals surface area contributed by atoms with E-state index < -0.39 is 11.6 Å². The summed E-state index contributed by atoms with van der Waals surface area (Å²) >= 11 is 0. The van der Waals surface area contributed by atoms with Gasteiger partial charge < -0.3 is 4.74 Å². The molecule has 30 heavy (non-hydrogen) atoms. The highest BCUT2D eigenvalue weighted by atomic mass is 19.2. The fourth-order valence-electron chi connectivity index (χ4n) is 6.96. The number of aryl methyl sites for hydroxylation is 1. The summed E-state index contributed by atoms with van der Waals surface area (Å²) in [6, 6.07) is 1.72. The molecule has 3 aliphatic carbocycles. The molecule has 2 fully saturated rings. The first-order valence-corrected chi connectivity index (χ1v) is 12.6. The number of hydrogen-bond donors (Lipinski definition) is 0. The molecule has 0 aliphatic heterocycles. The molecule has 0 aromatic heterocycles. The highest BCUT2D eigenvalue weighted by Gasteiger charge is 2.39. The van der Waals surface area contributed by atoms with E-state index in [2.05, 4.69) is 6.92 Å². The molecule has 1 aromatic carbocycles. The lowest BCUT2D eigenvalue weighted by Crippen LogP contribution is -2.35. The monoisotopic (exact) mass is 418 g/mol. The van der Waals surface area contributed by atoms with Gasteiger partial charge in [-0.05, 0) is 98.1 Å². The normalized spacial score (nSPS) is 31.1. The second kappa shape index (κ2) is 10.0. The molecule has 0 radical (unpaired) electrons. The van der Waals surface area contributed by atoms with Gasteiger partial charge in [0.05, 0.1) is 7.11 Å². The Labute approximate surface area is 182 Å². The summed E-state index contributed by atoms with van der Waals surface area (Å²) in [6.07, 6.45) is 18.0. The van der Waals surface area contributed by atoms with Gasteiger partial charge in [-0.1, -0.05) is 45.4 Å². The van der Waals surface area contributed by atoms with Gasteiger partial charge in [-0.3, -0.25) is 0 Å². The summed E-state index contributed by atoms with van der Waals surface area (Å²) in [7, 11) is 1.41. The predicted octanol–water partition coefficient (Wildman–Crippen LogP) is 7.88. The Hall–Kier alpha value is -1.12. The van der Waals surface area contributed by atoms with Crippen LogP contribution in [-0.4, -0.2) is 7.11 Å². The number of ether oxygens (including phenoxy) is 1. The van der Waals surface area contributed by atoms with Gasteiger partial charge in [0, 0.05) is 0 Å². The number of methoxy groups -OCH3 is 1. The summed E-state index contributed by atoms with van der Waals surface area (Å²) in [5.74, 6) is 2.58. The Morgan fingerprint density at radius 2 is 1.60 bits per heavy atom. The fraction of sp³-hybridized carbons (Fsp3) is 0.778. The van der Waals surface area contributed by atoms with E-state index in [0.717, 1.165) is 36.2 Å². The summed E-state index contributed by atoms with van der Waals surface area (Å²) in [5, 5.41) is 0. The molecule has 5 atom stereocenters. The van der Waals surface area contributed by atoms with Crippen molar-refractivity contribution in [1.82, 2.24) is 0 Å². The lowest BCUT2D eigenvalue weighted by molar-refractivity contribution is 0.0686. The van der Waals surface area contributed by atoms with E-state index in [-0.39, 0.29) is 5.75 Å². The predicted molar refractivity (Wildman–Crippen MR) is 119 cm³/mol. The SMILES string of the molecule is CCCCCCC1CCC2CC(C3CCc4cc(OC)c(F)c(F)c4C3)CCC2C1. The average molecular weight is 419 g/mol. The van der Waals surface area contributed by atoms with Crippen LogP contribution in [0.25, 0.3) is 0 Å². The highest BCUT2D eigenvalue weighted by molar-refractivity contribution is 5.40. The molecule has 1 nitrogen and oxygen atoms in total. The van der Waals surface area contributed by atoms with E-state index in [1.807, 2.05) is 0 Å². The van der Waals surface area contributed by atoms with Crippen molar-refractivity contribution in [3.05, 3.63) is 28.8 Å². The Morgan fingerprint density at radius 3 is 2.37 bits per heavy atom. The smallest absolute Gasteiger partial charge is 0.200 e. The van der Waals surface area contributed by atoms with Crippen molar-refractivity contribution in [2.75, 3.05) is 7.11 Å². The first-order chi connectivity index (χ1) is 14.6. The molecule has 0 heterocycles. The van der Waals surface area contributed by atoms with Crippen molar-refractivity contribution >= 4 is 0 Å². The van der Waals surface area contributed by atoms with Gasteiger partial charge in [0.15, 0.2) is 11.6 Å². The standard InChI is InChI=1S/C27H40F2O/c1-3-4-5-6-7-18-8-9-20-15-21(11-10-19(20)14-18)22-12-13-23-17-25(30-2)27(29)26(28)24(23)16-22/h17-22H,3-16H2,1-2H3. The van der Waals surface area contributed by atoms with Gasteiger partial charge in [0.25, 0.3) is 0 Å². The van der Waals surface area contributed by atoms with E-state index in [0.29, 0.717) is 23.8 Å². The Kier molecular flexibility index (Phi) is 7.36. The molecule has 1 aromatic rings. The first-order valence-electron chi connectivity index (χ1n) is 12.6. The van der Waals surface area contributed by atoms with Gasteiger partial charge in [-0.25, -0.2) is 4.39 Å². The lowest BCUT2D eigenvalue weighted by atomic mass is 9.60. The fourth-order valence-corrected chi connectivity index (χ4v) is 6.96. The van der Waals surface area contributed by atoms with Crippen LogP contribution in [-0.2, 0) is 12.8 Å². The molecule has 5 unspecified atom stereocenters. The second-order valence-electron chi connectivity index (χ2n) is 10.5. The van der Waals surface area contributed by atoms with Crippen LogP contribution in [0.2, 0.25) is 0 Å². The molecular formula is C27H40F2O. The van der Waals surface area contributed by atoms with Crippen molar-refractivity contribution in [2.24, 2.45) is 29.6 Å². The van der Waals surface area contributed by atoms with Crippen LogP contribution in [0, 0.1) is 41.2 Å². The highest BCUT2D eigenvalue weighted by Crippen LogP contribution is 2.49. The summed E-state index contributed by atoms with van der Waals surface area (Å²) in [5.41, 5.74) is 1.58. The molecule has 0 N–H and O–H groups in total. The zero-order chi connectivity index (χ0) is 21.1. The van der Waals surface area contributed by atoms with Gasteiger partial charge in [0.2, 0.25) is 5.82 Å². The van der Waals surface area contributed by atoms with Gasteiger partial charge in [0.1, 0.15) is 0 Å². The molecule has 168 valence electrons. The molecular weight excluding hydrogens is 378 g/mol. The summed E-state index contributed by atoms with van der Waals surface area (Å²) < 4.78 is 34.0. The minimum absolute atomic E-state index is 0.0525. The number of hydrogen-bond acceptors (Lipinski definition) is 1. The van der Waals surface area contributed by atoms with Crippen LogP contribution in [0.15, 0.2) is 6.07 Å². The molecule has 0 spiro atoms. The third kappa shape index (κ3) is 4.70. The zero-order valence-corrected chi connectivity index (χ0v) is 19.0. The lowest BCUT2D eigenvalue weighted by Gasteiger charge is -2.45. The molecule has 0 saturated heterocycles. The van der Waals surface area contributed by atoms with Crippen molar-refractivity contribution in [3.63, 3.8) is 0 Å². The summed E-state index contributed by atoms with van der Waals surface area (Å²) in [4.78, 5) is 0. The number of rotatable bonds is 7. The number of halogens is 2. The molecule has 2 saturated carbocycles. The topological polar surface area (TPSA) is 9.23 Å². The van der Waals surface area contributed by atoms with Crippen molar-refractivity contribution in [3.8, 4) is 5.75 Å². The third-order valence-electron chi connectivity index (χ3n) is 8.73. The van der Waals surface area contributed by atoms with Crippen LogP contribution in [0.4, 0.5) is 8.78 Å². The first kappa shape index (κ1) is 22.1. The van der Waals surface area contributed by atoms with Crippen LogP contribution in [0.5, 0.6) is 5.75 Å². The van der Waals surface area contributed by atoms with Gasteiger partial charge in [-0.15, -0.1) is 0 Å². The number of fused-ring (bicyclic) bond motifs is 2. The molecule has 0 amide bonds. The third-order valence-corrected chi connectivity index (χ3v) is 8.73. The minimum Gasteiger partial charge on any atom is -0.494 e. The van der Waals surface area contributed by atoms with Crippen LogP contribution >= 0.6 is 0 Å². The molecule has 4 rings (SSSR count). The maximum Gasteiger partial charge on any atom is 0.200 e. The van der Waals surface area contributed by atoms with E-state index in [9.17, 15) is 8.78 Å². The Balaban J connectivity index is 1.32. The van der Waals surface area contributed by atoms with Gasteiger partial charge in [-0.2, -0.15) is 4.39 Å². The van der Waals surface area contributed by atoms with Gasteiger partial charge >= 0.3 is 0 Å². The molecule has 0 bridgehead atoms. The Morgan fingerprint density at radius 1 is 0.867 bits per heavy atom. The minimum atomic E-state index is -0.808. The number of benzene rings is 1. The van der Waals surface area contributed by atoms with E-state index in [4.69, 9.17) is 4.74 Å². The van der Waals surface area contributed by atoms with E-state index >= 15 is 0 Å². The maximum atomic E-state index is 14.7. The molecule has 3 aliphatic rings. The van der Waals surface area contributed by atoms with Crippen molar-refractivity contribution < 1.29 is 13.5 Å². The largest absolute Gasteiger partial charge is 0.494 e. The van der Waals surface area contributed by atoms with Crippen molar-refractivity contribution in [2.45, 2.75) is 96.8 Å². The number of unbranched alkanes of at least 4 members (excludes halogenated alkanes) is 3. The van der Waals surface area contributed by atoms with E-state index in [1.54, 1.807) is 6.07 Å². The van der Waals surface area contributed by atoms with E-state index in [1.165, 1.54) is 77.7 Å². The average Bonchev–Trinajstić information content (AvgIpc) is 2.78.